The molecule has 2 aliphatic heterocycles. The Morgan fingerprint density at radius 3 is 0.922 bits per heavy atom. The first-order valence-electron chi connectivity index (χ1n) is 41.0. The van der Waals surface area contributed by atoms with Gasteiger partial charge in [0.15, 0.2) is 0 Å². The molecule has 12 aromatic carbocycles. The van der Waals surface area contributed by atoms with E-state index in [0.717, 1.165) is 153 Å². The molecule has 8 heterocycles. The van der Waals surface area contributed by atoms with Crippen LogP contribution in [0.15, 0.2) is 381 Å². The van der Waals surface area contributed by atoms with Crippen LogP contribution in [0, 0.1) is 67.3 Å². The molecule has 0 radical (unpaired) electrons. The molecule has 2 aliphatic rings. The highest BCUT2D eigenvalue weighted by Gasteiger charge is 2.19. The molecule has 0 aliphatic carbocycles. The summed E-state index contributed by atoms with van der Waals surface area (Å²) >= 11 is 0. The molecule has 628 valence electrons. The molecule has 128 heavy (non-hydrogen) atoms. The van der Waals surface area contributed by atoms with Crippen molar-refractivity contribution in [2.24, 2.45) is 9.98 Å². The zero-order valence-electron chi connectivity index (χ0n) is 69.6. The number of aliphatic hydroxyl groups is 1. The lowest BCUT2D eigenvalue weighted by atomic mass is 9.96. The lowest BCUT2D eigenvalue weighted by molar-refractivity contribution is 0.276. The van der Waals surface area contributed by atoms with Gasteiger partial charge in [-0.25, -0.2) is 35.1 Å². The van der Waals surface area contributed by atoms with Gasteiger partial charge in [0.2, 0.25) is 0 Å². The molecule has 20 rings (SSSR count). The molecule has 0 fully saturated rings. The molecule has 0 saturated heterocycles. The van der Waals surface area contributed by atoms with Crippen molar-refractivity contribution in [3.8, 4) is 134 Å². The van der Waals surface area contributed by atoms with Crippen molar-refractivity contribution in [3.05, 3.63) is 462 Å². The fraction of sp³-hybridized carbons (Fsp3) is 0.0545. The number of rotatable bonds is 13. The van der Waals surface area contributed by atoms with Crippen LogP contribution in [0.4, 0.5) is 40.8 Å². The van der Waals surface area contributed by atoms with Crippen molar-refractivity contribution in [3.63, 3.8) is 0 Å². The minimum absolute atomic E-state index is 0.227. The first-order valence-corrected chi connectivity index (χ1v) is 41.0. The molecule has 0 amide bonds. The number of benzene rings is 12. The van der Waals surface area contributed by atoms with E-state index in [1.807, 2.05) is 117 Å². The second kappa shape index (κ2) is 41.0. The molecule has 18 aromatic rings. The Morgan fingerprint density at radius 1 is 0.258 bits per heavy atom. The zero-order chi connectivity index (χ0) is 89.0. The van der Waals surface area contributed by atoms with E-state index in [1.54, 1.807) is 135 Å². The number of nitrogens with two attached hydrogens (primary N) is 1. The summed E-state index contributed by atoms with van der Waals surface area (Å²) in [5, 5.41) is 9.31. The molecule has 10 nitrogen and oxygen atoms in total. The first-order chi connectivity index (χ1) is 62.3. The third kappa shape index (κ3) is 21.5. The predicted molar refractivity (Wildman–Crippen MR) is 497 cm³/mol. The number of halogens is 8. The Hall–Kier alpha value is -15.9. The standard InChI is InChI=1S/C20H15FN2O.C20H17N3.C18H13F2N.C18H14FN.2C17H11F2N/c21-19-6-5-14(9-17(19)12-24)20-18(2-1-7-23-20)13-3-4-15-10-22-11-16(15)8-13;1-13-9-15(6-7-19(13)21)20-18(3-2-8-23-20)14-4-5-16-11-22-12-17(16)10-14;1-12-11-14(6-9-17(12)20)18-16(3-2-10-21-18)13-4-7-15(19)8-5-13;1-13-4-2-5-15(12-13)18-17(6-3-11-20-18)14-7-9-16(19)10-8-14;18-14-8-6-12(7-9-14)16-5-2-10-20-17(16)13-3-1-4-15(19)11-13;18-14-7-3-12(4-8-14)16-2-1-11-20-17(16)13-5-9-15(19)10-6-13/h1-9,11,24H,10,12H2;2-10,12H,11,21H2,1H3;2-11H,1H3;2-12H,1H3;2*1-11H. The fourth-order valence-electron chi connectivity index (χ4n) is 14.8. The molecular weight excluding hydrogens is 1620 g/mol. The van der Waals surface area contributed by atoms with Gasteiger partial charge in [-0.05, 0) is 276 Å². The Morgan fingerprint density at radius 2 is 0.562 bits per heavy atom. The number of pyridine rings is 6. The Bertz CT molecular complexity index is 6820. The summed E-state index contributed by atoms with van der Waals surface area (Å²) in [5.74, 6) is -2.31. The summed E-state index contributed by atoms with van der Waals surface area (Å²) in [6.45, 7) is 6.98. The first kappa shape index (κ1) is 87.0. The SMILES string of the molecule is Cc1cc(-c2ncccc2-c2ccc(F)cc2)ccc1F.Cc1cc(-c2ncccc2-c2ccc3c(c2)C=NC3)ccc1N.Cc1cccc(-c2ncccc2-c2ccc(F)cc2)c1.Fc1ccc(-c2cccnc2-c2ccc(F)cc2)cc1.Fc1ccc(-c2cccnc2-c2cccc(F)c2)cc1.OCc1cc(-c2ncccc2-c2ccc3c(c2)C=NC3)ccc1F. The van der Waals surface area contributed by atoms with Gasteiger partial charge in [0, 0.05) is 128 Å². The number of aromatic nitrogens is 6. The van der Waals surface area contributed by atoms with Gasteiger partial charge in [-0.2, -0.15) is 0 Å². The van der Waals surface area contributed by atoms with E-state index in [2.05, 4.69) is 107 Å². The number of aliphatic imine (C=N–C) groups is 2. The van der Waals surface area contributed by atoms with E-state index in [-0.39, 0.29) is 52.9 Å². The van der Waals surface area contributed by atoms with E-state index in [4.69, 9.17) is 5.73 Å². The molecule has 0 saturated carbocycles. The normalized spacial score (nSPS) is 11.2. The number of hydrogen-bond acceptors (Lipinski definition) is 10. The van der Waals surface area contributed by atoms with Gasteiger partial charge in [0.1, 0.15) is 46.5 Å². The summed E-state index contributed by atoms with van der Waals surface area (Å²) in [6.07, 6.45) is 14.2. The number of aliphatic hydroxyl groups excluding tert-OH is 1. The van der Waals surface area contributed by atoms with Crippen molar-refractivity contribution < 1.29 is 40.2 Å². The molecule has 0 atom stereocenters. The minimum atomic E-state index is -0.410. The van der Waals surface area contributed by atoms with E-state index in [1.165, 1.54) is 107 Å². The van der Waals surface area contributed by atoms with Crippen LogP contribution >= 0.6 is 0 Å². The Balaban J connectivity index is 0.000000118. The molecule has 0 unspecified atom stereocenters. The third-order valence-corrected chi connectivity index (χ3v) is 21.3. The molecular formula is C110H81F8N9O. The summed E-state index contributed by atoms with van der Waals surface area (Å²) in [6, 6.07) is 97.4. The minimum Gasteiger partial charge on any atom is -0.399 e. The lowest BCUT2D eigenvalue weighted by Crippen LogP contribution is -1.94. The average molecular weight is 1700 g/mol. The fourth-order valence-corrected chi connectivity index (χ4v) is 14.8. The van der Waals surface area contributed by atoms with Crippen LogP contribution in [-0.4, -0.2) is 47.4 Å². The molecule has 0 bridgehead atoms. The number of aryl methyl sites for hydroxylation is 3. The van der Waals surface area contributed by atoms with Gasteiger partial charge in [-0.3, -0.25) is 39.9 Å². The van der Waals surface area contributed by atoms with E-state index < -0.39 is 5.82 Å². The summed E-state index contributed by atoms with van der Waals surface area (Å²) < 4.78 is 106. The maximum Gasteiger partial charge on any atom is 0.128 e. The number of nitrogens with zero attached hydrogens (tertiary/aromatic N) is 8. The van der Waals surface area contributed by atoms with Crippen LogP contribution in [-0.2, 0) is 19.7 Å². The third-order valence-electron chi connectivity index (χ3n) is 21.3. The molecule has 18 heteroatoms. The second-order valence-corrected chi connectivity index (χ2v) is 30.1. The molecule has 0 spiro atoms. The predicted octanol–water partition coefficient (Wildman–Crippen LogP) is 27.5. The summed E-state index contributed by atoms with van der Waals surface area (Å²) in [5.41, 5.74) is 36.3. The van der Waals surface area contributed by atoms with Crippen molar-refractivity contribution in [1.82, 2.24) is 29.9 Å². The average Bonchev–Trinajstić information content (AvgIpc) is 1.45. The smallest absolute Gasteiger partial charge is 0.128 e. The highest BCUT2D eigenvalue weighted by atomic mass is 19.2. The van der Waals surface area contributed by atoms with E-state index in [9.17, 15) is 40.2 Å². The summed E-state index contributed by atoms with van der Waals surface area (Å²) in [7, 11) is 0. The molecule has 6 aromatic heterocycles. The number of hydrogen-bond donors (Lipinski definition) is 2. The highest BCUT2D eigenvalue weighted by Crippen LogP contribution is 2.39. The van der Waals surface area contributed by atoms with Crippen LogP contribution in [0.2, 0.25) is 0 Å². The van der Waals surface area contributed by atoms with E-state index >= 15 is 0 Å². The van der Waals surface area contributed by atoms with Crippen LogP contribution in [0.5, 0.6) is 0 Å². The van der Waals surface area contributed by atoms with Gasteiger partial charge >= 0.3 is 0 Å². The van der Waals surface area contributed by atoms with Gasteiger partial charge in [0.25, 0.3) is 0 Å². The Labute approximate surface area is 736 Å². The number of nitrogen functional groups attached to an aromatic ring is 1. The Kier molecular flexibility index (Phi) is 27.9. The van der Waals surface area contributed by atoms with Crippen LogP contribution in [0.25, 0.3) is 134 Å². The van der Waals surface area contributed by atoms with Crippen LogP contribution in [0.1, 0.15) is 44.5 Å². The van der Waals surface area contributed by atoms with Crippen LogP contribution in [0.3, 0.4) is 0 Å². The van der Waals surface area contributed by atoms with Gasteiger partial charge in [-0.1, -0.05) is 151 Å². The lowest BCUT2D eigenvalue weighted by Gasteiger charge is -2.11. The number of fused-ring (bicyclic) bond motifs is 2. The van der Waals surface area contributed by atoms with Crippen molar-refractivity contribution >= 4 is 18.1 Å². The van der Waals surface area contributed by atoms with Crippen molar-refractivity contribution in [1.29, 1.82) is 0 Å². The topological polar surface area (TPSA) is 148 Å². The zero-order valence-corrected chi connectivity index (χ0v) is 69.6. The van der Waals surface area contributed by atoms with Gasteiger partial charge in [0.05, 0.1) is 53.9 Å². The van der Waals surface area contributed by atoms with Crippen molar-refractivity contribution in [2.75, 3.05) is 5.73 Å². The quantitative estimate of drug-likeness (QED) is 0.0856. The molecule has 3 N–H and O–H groups in total. The maximum atomic E-state index is 13.7. The van der Waals surface area contributed by atoms with Gasteiger partial charge in [-0.15, -0.1) is 0 Å². The number of anilines is 1. The highest BCUT2D eigenvalue weighted by molar-refractivity contribution is 5.92. The maximum absolute atomic E-state index is 13.7. The summed E-state index contributed by atoms with van der Waals surface area (Å²) in [4.78, 5) is 35.3. The second-order valence-electron chi connectivity index (χ2n) is 30.1. The van der Waals surface area contributed by atoms with Crippen LogP contribution < -0.4 is 5.73 Å². The van der Waals surface area contributed by atoms with Crippen molar-refractivity contribution in [2.45, 2.75) is 40.5 Å². The largest absolute Gasteiger partial charge is 0.399 e. The monoisotopic (exact) mass is 1700 g/mol. The van der Waals surface area contributed by atoms with E-state index in [0.29, 0.717) is 16.8 Å². The van der Waals surface area contributed by atoms with Gasteiger partial charge < -0.3 is 10.8 Å².